The fourth-order valence-electron chi connectivity index (χ4n) is 2.42. The summed E-state index contributed by atoms with van der Waals surface area (Å²) in [6.45, 7) is -0.903. The van der Waals surface area contributed by atoms with Crippen LogP contribution in [0, 0.1) is 6.92 Å². The molecule has 142 valence electrons. The summed E-state index contributed by atoms with van der Waals surface area (Å²) in [5.74, 6) is 7.42. The van der Waals surface area contributed by atoms with Crippen LogP contribution in [-0.4, -0.2) is 28.6 Å². The highest BCUT2D eigenvalue weighted by Crippen LogP contribution is 2.32. The van der Waals surface area contributed by atoms with Crippen molar-refractivity contribution >= 4 is 11.8 Å². The van der Waals surface area contributed by atoms with Crippen LogP contribution in [0.2, 0.25) is 0 Å². The number of alkyl halides is 2. The zero-order valence-electron chi connectivity index (χ0n) is 14.7. The lowest BCUT2D eigenvalue weighted by Crippen LogP contribution is -2.11. The summed E-state index contributed by atoms with van der Waals surface area (Å²) < 4.78 is 35.8. The smallest absolute Gasteiger partial charge is 0.387 e. The normalized spacial score (nSPS) is 11.0. The maximum absolute atomic E-state index is 12.4. The third-order valence-corrected chi connectivity index (χ3v) is 4.80. The lowest BCUT2D eigenvalue weighted by molar-refractivity contribution is -0.0512. The van der Waals surface area contributed by atoms with E-state index in [-0.39, 0.29) is 11.5 Å². The summed E-state index contributed by atoms with van der Waals surface area (Å²) in [6, 6.07) is 12.6. The summed E-state index contributed by atoms with van der Waals surface area (Å²) >= 11 is 1.38. The Morgan fingerprint density at radius 1 is 1.11 bits per heavy atom. The van der Waals surface area contributed by atoms with Crippen LogP contribution in [0.25, 0.3) is 11.4 Å². The topological polar surface area (TPSA) is 75.2 Å². The minimum atomic E-state index is -2.91. The van der Waals surface area contributed by atoms with Crippen LogP contribution in [0.15, 0.2) is 47.6 Å². The number of aromatic nitrogens is 3. The first kappa shape index (κ1) is 19.0. The molecule has 0 saturated heterocycles. The van der Waals surface area contributed by atoms with Crippen molar-refractivity contribution in [1.29, 1.82) is 0 Å². The second kappa shape index (κ2) is 8.26. The highest BCUT2D eigenvalue weighted by Gasteiger charge is 2.14. The van der Waals surface area contributed by atoms with Crippen LogP contribution in [0.3, 0.4) is 0 Å². The summed E-state index contributed by atoms with van der Waals surface area (Å²) in [5.41, 5.74) is 2.86. The maximum Gasteiger partial charge on any atom is 0.387 e. The molecule has 3 rings (SSSR count). The second-order valence-corrected chi connectivity index (χ2v) is 6.64. The molecule has 2 N–H and O–H groups in total. The van der Waals surface area contributed by atoms with Gasteiger partial charge < -0.3 is 15.3 Å². The Labute approximate surface area is 159 Å². The van der Waals surface area contributed by atoms with Gasteiger partial charge in [-0.3, -0.25) is 0 Å². The molecule has 0 aliphatic rings. The Hall–Kier alpha value is -2.81. The van der Waals surface area contributed by atoms with Gasteiger partial charge in [-0.25, -0.2) is 4.68 Å². The van der Waals surface area contributed by atoms with E-state index in [1.54, 1.807) is 12.1 Å². The Morgan fingerprint density at radius 3 is 2.52 bits per heavy atom. The lowest BCUT2D eigenvalue weighted by Gasteiger charge is -2.11. The predicted molar refractivity (Wildman–Crippen MR) is 99.5 cm³/mol. The Morgan fingerprint density at radius 2 is 1.85 bits per heavy atom. The number of methoxy groups -OCH3 is 1. The van der Waals surface area contributed by atoms with E-state index in [1.807, 2.05) is 31.2 Å². The van der Waals surface area contributed by atoms with Crippen molar-refractivity contribution in [1.82, 2.24) is 14.9 Å². The van der Waals surface area contributed by atoms with Gasteiger partial charge in [-0.1, -0.05) is 47.7 Å². The zero-order valence-corrected chi connectivity index (χ0v) is 15.5. The van der Waals surface area contributed by atoms with Crippen molar-refractivity contribution in [2.75, 3.05) is 13.0 Å². The van der Waals surface area contributed by atoms with E-state index in [2.05, 4.69) is 14.9 Å². The number of ether oxygens (including phenoxy) is 2. The second-order valence-electron chi connectivity index (χ2n) is 5.69. The number of nitrogen functional groups attached to an aromatic ring is 1. The van der Waals surface area contributed by atoms with E-state index < -0.39 is 6.61 Å². The molecule has 0 saturated carbocycles. The maximum atomic E-state index is 12.4. The molecule has 0 aliphatic carbocycles. The molecule has 0 atom stereocenters. The van der Waals surface area contributed by atoms with Crippen molar-refractivity contribution < 1.29 is 18.3 Å². The van der Waals surface area contributed by atoms with Gasteiger partial charge in [-0.2, -0.15) is 8.78 Å². The number of thioether (sulfide) groups is 1. The number of hydrogen-bond donors (Lipinski definition) is 1. The van der Waals surface area contributed by atoms with Crippen LogP contribution in [0.4, 0.5) is 8.78 Å². The first-order chi connectivity index (χ1) is 13.0. The minimum Gasteiger partial charge on any atom is -0.493 e. The van der Waals surface area contributed by atoms with Crippen LogP contribution >= 0.6 is 11.8 Å². The van der Waals surface area contributed by atoms with Gasteiger partial charge in [0.1, 0.15) is 0 Å². The van der Waals surface area contributed by atoms with E-state index in [1.165, 1.54) is 29.6 Å². The molecule has 9 heteroatoms. The van der Waals surface area contributed by atoms with Crippen molar-refractivity contribution in [3.63, 3.8) is 0 Å². The number of hydrogen-bond acceptors (Lipinski definition) is 6. The van der Waals surface area contributed by atoms with E-state index in [9.17, 15) is 8.78 Å². The van der Waals surface area contributed by atoms with Gasteiger partial charge in [0.15, 0.2) is 17.3 Å². The van der Waals surface area contributed by atoms with Crippen molar-refractivity contribution in [2.45, 2.75) is 24.4 Å². The molecule has 1 heterocycles. The largest absolute Gasteiger partial charge is 0.493 e. The Balaban J connectivity index is 1.73. The Bertz CT molecular complexity index is 916. The van der Waals surface area contributed by atoms with Gasteiger partial charge in [0, 0.05) is 11.3 Å². The monoisotopic (exact) mass is 392 g/mol. The van der Waals surface area contributed by atoms with E-state index in [0.717, 1.165) is 16.7 Å². The summed E-state index contributed by atoms with van der Waals surface area (Å²) in [5, 5.41) is 8.81. The molecule has 6 nitrogen and oxygen atoms in total. The fraction of sp³-hybridized carbons (Fsp3) is 0.222. The lowest BCUT2D eigenvalue weighted by atomic mass is 10.1. The number of rotatable bonds is 7. The molecule has 27 heavy (non-hydrogen) atoms. The number of aryl methyl sites for hydroxylation is 1. The van der Waals surface area contributed by atoms with E-state index >= 15 is 0 Å². The van der Waals surface area contributed by atoms with Gasteiger partial charge >= 0.3 is 6.61 Å². The molecule has 0 fully saturated rings. The number of nitrogens with zero attached hydrogens (tertiary/aromatic N) is 3. The molecule has 1 aromatic heterocycles. The van der Waals surface area contributed by atoms with E-state index in [4.69, 9.17) is 10.6 Å². The Kier molecular flexibility index (Phi) is 5.80. The molecular formula is C18H18F2N4O2S. The molecule has 0 bridgehead atoms. The molecule has 0 radical (unpaired) electrons. The van der Waals surface area contributed by atoms with Crippen molar-refractivity contribution in [2.24, 2.45) is 0 Å². The molecule has 3 aromatic rings. The zero-order chi connectivity index (χ0) is 19.4. The van der Waals surface area contributed by atoms with Gasteiger partial charge in [0.25, 0.3) is 0 Å². The highest BCUT2D eigenvalue weighted by molar-refractivity contribution is 7.98. The van der Waals surface area contributed by atoms with Gasteiger partial charge in [-0.05, 0) is 24.6 Å². The minimum absolute atomic E-state index is 0.00935. The number of benzene rings is 2. The van der Waals surface area contributed by atoms with Crippen LogP contribution in [0.1, 0.15) is 11.1 Å². The summed E-state index contributed by atoms with van der Waals surface area (Å²) in [7, 11) is 1.40. The molecule has 0 spiro atoms. The van der Waals surface area contributed by atoms with Crippen molar-refractivity contribution in [3.8, 4) is 22.9 Å². The number of nitrogens with two attached hydrogens (primary N) is 1. The first-order valence-corrected chi connectivity index (χ1v) is 8.98. The van der Waals surface area contributed by atoms with Gasteiger partial charge in [0.05, 0.1) is 7.11 Å². The molecule has 2 aromatic carbocycles. The van der Waals surface area contributed by atoms with Crippen LogP contribution in [0.5, 0.6) is 11.5 Å². The highest BCUT2D eigenvalue weighted by atomic mass is 32.2. The SMILES string of the molecule is COc1cc(CSc2nnc(-c3ccc(C)cc3)n2N)ccc1OC(F)F. The molecule has 0 amide bonds. The van der Waals surface area contributed by atoms with Crippen LogP contribution in [-0.2, 0) is 5.75 Å². The molecule has 0 unspecified atom stereocenters. The summed E-state index contributed by atoms with van der Waals surface area (Å²) in [6.07, 6.45) is 0. The van der Waals surface area contributed by atoms with Gasteiger partial charge in [-0.15, -0.1) is 10.2 Å². The van der Waals surface area contributed by atoms with E-state index in [0.29, 0.717) is 16.7 Å². The third kappa shape index (κ3) is 4.48. The van der Waals surface area contributed by atoms with Crippen LogP contribution < -0.4 is 15.3 Å². The predicted octanol–water partition coefficient (Wildman–Crippen LogP) is 3.87. The molecule has 0 aliphatic heterocycles. The summed E-state index contributed by atoms with van der Waals surface area (Å²) in [4.78, 5) is 0. The quantitative estimate of drug-likeness (QED) is 0.486. The molecular weight excluding hydrogens is 374 g/mol. The third-order valence-electron chi connectivity index (χ3n) is 3.79. The first-order valence-electron chi connectivity index (χ1n) is 8.00. The number of halogens is 2. The average molecular weight is 392 g/mol. The van der Waals surface area contributed by atoms with Crippen molar-refractivity contribution in [3.05, 3.63) is 53.6 Å². The average Bonchev–Trinajstić information content (AvgIpc) is 3.01. The standard InChI is InChI=1S/C18H18F2N4O2S/c1-11-3-6-13(7-4-11)16-22-23-18(24(16)21)27-10-12-5-8-14(26-17(19)20)15(9-12)25-2/h3-9,17H,10,21H2,1-2H3. The van der Waals surface area contributed by atoms with Gasteiger partial charge in [0.2, 0.25) is 5.16 Å². The fourth-order valence-corrected chi connectivity index (χ4v) is 3.22.